The second kappa shape index (κ2) is 6.78. The fraction of sp³-hybridized carbons (Fsp3) is 0.533. The quantitative estimate of drug-likeness (QED) is 0.838. The third kappa shape index (κ3) is 3.86. The molecular weight excluding hydrogens is 268 g/mol. The SMILES string of the molecule is Cc1nonc1CN1CCC(OCc2ccccn2)CC1. The van der Waals surface area contributed by atoms with Crippen LogP contribution < -0.4 is 0 Å². The van der Waals surface area contributed by atoms with Gasteiger partial charge in [-0.1, -0.05) is 16.4 Å². The van der Waals surface area contributed by atoms with Crippen LogP contribution in [0, 0.1) is 6.92 Å². The Hall–Kier alpha value is -1.79. The van der Waals surface area contributed by atoms with Crippen LogP contribution in [0.5, 0.6) is 0 Å². The number of hydrogen-bond donors (Lipinski definition) is 0. The lowest BCUT2D eigenvalue weighted by atomic mass is 10.1. The average molecular weight is 288 g/mol. The Morgan fingerprint density at radius 1 is 1.29 bits per heavy atom. The molecule has 2 aromatic rings. The number of pyridine rings is 1. The lowest BCUT2D eigenvalue weighted by Gasteiger charge is -2.31. The van der Waals surface area contributed by atoms with Crippen LogP contribution in [-0.2, 0) is 17.9 Å². The minimum absolute atomic E-state index is 0.319. The number of likely N-dealkylation sites (tertiary alicyclic amines) is 1. The summed E-state index contributed by atoms with van der Waals surface area (Å²) in [6, 6.07) is 5.90. The van der Waals surface area contributed by atoms with Crippen LogP contribution in [0.3, 0.4) is 0 Å². The Morgan fingerprint density at radius 3 is 2.81 bits per heavy atom. The summed E-state index contributed by atoms with van der Waals surface area (Å²) in [5.74, 6) is 0. The molecule has 1 aliphatic heterocycles. The van der Waals surface area contributed by atoms with E-state index in [-0.39, 0.29) is 0 Å². The Kier molecular flexibility index (Phi) is 4.57. The van der Waals surface area contributed by atoms with Crippen molar-refractivity contribution in [1.29, 1.82) is 0 Å². The molecule has 0 N–H and O–H groups in total. The van der Waals surface area contributed by atoms with Gasteiger partial charge in [-0.2, -0.15) is 0 Å². The molecule has 1 saturated heterocycles. The van der Waals surface area contributed by atoms with Crippen LogP contribution in [0.15, 0.2) is 29.0 Å². The average Bonchev–Trinajstić information content (AvgIpc) is 2.93. The van der Waals surface area contributed by atoms with Gasteiger partial charge in [-0.15, -0.1) is 0 Å². The van der Waals surface area contributed by atoms with Gasteiger partial charge >= 0.3 is 0 Å². The van der Waals surface area contributed by atoms with E-state index in [0.29, 0.717) is 12.7 Å². The molecule has 21 heavy (non-hydrogen) atoms. The number of nitrogens with zero attached hydrogens (tertiary/aromatic N) is 4. The summed E-state index contributed by atoms with van der Waals surface area (Å²) in [6.07, 6.45) is 4.20. The standard InChI is InChI=1S/C15H20N4O2/c1-12-15(18-21-17-12)10-19-8-5-14(6-9-19)20-11-13-4-2-3-7-16-13/h2-4,7,14H,5-6,8-11H2,1H3. The van der Waals surface area contributed by atoms with E-state index in [1.807, 2.05) is 25.1 Å². The summed E-state index contributed by atoms with van der Waals surface area (Å²) in [7, 11) is 0. The summed E-state index contributed by atoms with van der Waals surface area (Å²) in [5, 5.41) is 7.75. The molecule has 0 spiro atoms. The van der Waals surface area contributed by atoms with Crippen LogP contribution in [0.4, 0.5) is 0 Å². The van der Waals surface area contributed by atoms with Crippen LogP contribution in [0.25, 0.3) is 0 Å². The highest BCUT2D eigenvalue weighted by molar-refractivity contribution is 5.04. The molecule has 112 valence electrons. The van der Waals surface area contributed by atoms with Gasteiger partial charge in [0.25, 0.3) is 0 Å². The van der Waals surface area contributed by atoms with Crippen LogP contribution in [0.1, 0.15) is 29.9 Å². The fourth-order valence-corrected chi connectivity index (χ4v) is 2.53. The molecule has 3 rings (SSSR count). The molecule has 0 saturated carbocycles. The van der Waals surface area contributed by atoms with Crippen LogP contribution in [0.2, 0.25) is 0 Å². The lowest BCUT2D eigenvalue weighted by molar-refractivity contribution is -0.00558. The minimum Gasteiger partial charge on any atom is -0.372 e. The van der Waals surface area contributed by atoms with E-state index in [4.69, 9.17) is 9.37 Å². The molecule has 1 fully saturated rings. The van der Waals surface area contributed by atoms with Gasteiger partial charge in [0.2, 0.25) is 0 Å². The molecule has 0 atom stereocenters. The van der Waals surface area contributed by atoms with Gasteiger partial charge < -0.3 is 4.74 Å². The lowest BCUT2D eigenvalue weighted by Crippen LogP contribution is -2.36. The zero-order chi connectivity index (χ0) is 14.5. The fourth-order valence-electron chi connectivity index (χ4n) is 2.53. The van der Waals surface area contributed by atoms with Crippen molar-refractivity contribution in [2.24, 2.45) is 0 Å². The van der Waals surface area contributed by atoms with Crippen molar-refractivity contribution >= 4 is 0 Å². The van der Waals surface area contributed by atoms with Crippen molar-refractivity contribution in [3.63, 3.8) is 0 Å². The van der Waals surface area contributed by atoms with Gasteiger partial charge in [0.05, 0.1) is 18.4 Å². The Balaban J connectivity index is 1.42. The summed E-state index contributed by atoms with van der Waals surface area (Å²) < 4.78 is 10.7. The normalized spacial score (nSPS) is 17.2. The number of hydrogen-bond acceptors (Lipinski definition) is 6. The first kappa shape index (κ1) is 14.2. The van der Waals surface area contributed by atoms with Gasteiger partial charge in [-0.05, 0) is 31.9 Å². The predicted molar refractivity (Wildman–Crippen MR) is 76.4 cm³/mol. The zero-order valence-electron chi connectivity index (χ0n) is 12.2. The van der Waals surface area contributed by atoms with E-state index >= 15 is 0 Å². The van der Waals surface area contributed by atoms with Crippen LogP contribution >= 0.6 is 0 Å². The number of aromatic nitrogens is 3. The van der Waals surface area contributed by atoms with Gasteiger partial charge in [-0.3, -0.25) is 9.88 Å². The highest BCUT2D eigenvalue weighted by atomic mass is 16.6. The van der Waals surface area contributed by atoms with Crippen molar-refractivity contribution in [2.45, 2.75) is 39.0 Å². The summed E-state index contributed by atoms with van der Waals surface area (Å²) in [4.78, 5) is 6.64. The predicted octanol–water partition coefficient (Wildman–Crippen LogP) is 1.95. The molecule has 0 aromatic carbocycles. The van der Waals surface area contributed by atoms with Gasteiger partial charge in [0, 0.05) is 25.8 Å². The monoisotopic (exact) mass is 288 g/mol. The number of aryl methyl sites for hydroxylation is 1. The Labute approximate surface area is 124 Å². The molecule has 2 aromatic heterocycles. The van der Waals surface area contributed by atoms with E-state index in [0.717, 1.165) is 49.6 Å². The third-order valence-electron chi connectivity index (χ3n) is 3.85. The van der Waals surface area contributed by atoms with Crippen LogP contribution in [-0.4, -0.2) is 39.4 Å². The summed E-state index contributed by atoms with van der Waals surface area (Å²) in [6.45, 7) is 5.35. The molecule has 0 radical (unpaired) electrons. The first-order valence-electron chi connectivity index (χ1n) is 7.33. The minimum atomic E-state index is 0.319. The van der Waals surface area contributed by atoms with E-state index < -0.39 is 0 Å². The Morgan fingerprint density at radius 2 is 2.14 bits per heavy atom. The second-order valence-corrected chi connectivity index (χ2v) is 5.40. The first-order chi connectivity index (χ1) is 10.3. The molecule has 0 bridgehead atoms. The van der Waals surface area contributed by atoms with Crippen molar-refractivity contribution in [3.05, 3.63) is 41.5 Å². The number of rotatable bonds is 5. The van der Waals surface area contributed by atoms with E-state index in [2.05, 4.69) is 20.2 Å². The summed E-state index contributed by atoms with van der Waals surface area (Å²) >= 11 is 0. The summed E-state index contributed by atoms with van der Waals surface area (Å²) in [5.41, 5.74) is 2.80. The Bertz CT molecular complexity index is 550. The van der Waals surface area contributed by atoms with E-state index in [1.165, 1.54) is 0 Å². The second-order valence-electron chi connectivity index (χ2n) is 5.40. The smallest absolute Gasteiger partial charge is 0.122 e. The van der Waals surface area contributed by atoms with Crippen molar-refractivity contribution in [1.82, 2.24) is 20.2 Å². The van der Waals surface area contributed by atoms with Gasteiger partial charge in [-0.25, -0.2) is 4.63 Å². The molecule has 0 aliphatic carbocycles. The van der Waals surface area contributed by atoms with E-state index in [9.17, 15) is 0 Å². The first-order valence-corrected chi connectivity index (χ1v) is 7.33. The van der Waals surface area contributed by atoms with Gasteiger partial charge in [0.1, 0.15) is 11.4 Å². The maximum Gasteiger partial charge on any atom is 0.122 e. The molecule has 6 nitrogen and oxygen atoms in total. The third-order valence-corrected chi connectivity index (χ3v) is 3.85. The maximum atomic E-state index is 5.94. The van der Waals surface area contributed by atoms with Gasteiger partial charge in [0.15, 0.2) is 0 Å². The molecule has 0 unspecified atom stereocenters. The molecule has 3 heterocycles. The topological polar surface area (TPSA) is 64.3 Å². The maximum absolute atomic E-state index is 5.94. The largest absolute Gasteiger partial charge is 0.372 e. The molecular formula is C15H20N4O2. The molecule has 6 heteroatoms. The molecule has 0 amide bonds. The van der Waals surface area contributed by atoms with Crippen molar-refractivity contribution in [2.75, 3.05) is 13.1 Å². The zero-order valence-corrected chi connectivity index (χ0v) is 12.2. The molecule has 1 aliphatic rings. The van der Waals surface area contributed by atoms with Crippen molar-refractivity contribution < 1.29 is 9.37 Å². The number of ether oxygens (including phenoxy) is 1. The van der Waals surface area contributed by atoms with Crippen molar-refractivity contribution in [3.8, 4) is 0 Å². The highest BCUT2D eigenvalue weighted by Crippen LogP contribution is 2.17. The highest BCUT2D eigenvalue weighted by Gasteiger charge is 2.21. The van der Waals surface area contributed by atoms with E-state index in [1.54, 1.807) is 6.20 Å². The number of piperidine rings is 1.